The van der Waals surface area contributed by atoms with Gasteiger partial charge in [-0.2, -0.15) is 0 Å². The third-order valence-corrected chi connectivity index (χ3v) is 3.03. The minimum atomic E-state index is 0.492. The molecule has 0 atom stereocenters. The maximum Gasteiger partial charge on any atom is 0.247 e. The highest BCUT2D eigenvalue weighted by Gasteiger charge is 2.10. The van der Waals surface area contributed by atoms with Gasteiger partial charge in [0.25, 0.3) is 0 Å². The van der Waals surface area contributed by atoms with Gasteiger partial charge < -0.3 is 15.0 Å². The topological polar surface area (TPSA) is 66.0 Å². The highest BCUT2D eigenvalue weighted by Crippen LogP contribution is 2.29. The van der Waals surface area contributed by atoms with Gasteiger partial charge >= 0.3 is 0 Å². The lowest BCUT2D eigenvalue weighted by molar-refractivity contribution is 0.465. The van der Waals surface area contributed by atoms with Crippen molar-refractivity contribution < 1.29 is 4.74 Å². The number of hydrogen-bond acceptors (Lipinski definition) is 4. The molecule has 2 heterocycles. The van der Waals surface area contributed by atoms with E-state index in [9.17, 15) is 0 Å². The van der Waals surface area contributed by atoms with Gasteiger partial charge in [0.2, 0.25) is 5.88 Å². The molecular formula is C14H14N4O. The Hall–Kier alpha value is -2.56. The molecular weight excluding hydrogens is 240 g/mol. The predicted octanol–water partition coefficient (Wildman–Crippen LogP) is 2.65. The number of fused-ring (bicyclic) bond motifs is 1. The summed E-state index contributed by atoms with van der Waals surface area (Å²) in [7, 11) is 1.94. The van der Waals surface area contributed by atoms with Gasteiger partial charge in [-0.1, -0.05) is 6.07 Å². The molecule has 0 aliphatic rings. The zero-order valence-electron chi connectivity index (χ0n) is 10.8. The Morgan fingerprint density at radius 3 is 2.89 bits per heavy atom. The van der Waals surface area contributed by atoms with E-state index in [-0.39, 0.29) is 0 Å². The summed E-state index contributed by atoms with van der Waals surface area (Å²) in [6.45, 7) is 1.97. The number of ether oxygens (including phenoxy) is 1. The molecule has 0 unspecified atom stereocenters. The fraction of sp³-hybridized carbons (Fsp3) is 0.143. The van der Waals surface area contributed by atoms with E-state index < -0.39 is 0 Å². The van der Waals surface area contributed by atoms with Crippen molar-refractivity contribution in [2.24, 2.45) is 7.05 Å². The molecule has 2 N–H and O–H groups in total. The molecule has 3 rings (SSSR count). The second kappa shape index (κ2) is 4.28. The zero-order chi connectivity index (χ0) is 13.4. The Morgan fingerprint density at radius 2 is 2.05 bits per heavy atom. The molecule has 5 nitrogen and oxygen atoms in total. The number of rotatable bonds is 2. The number of hydrogen-bond donors (Lipinski definition) is 1. The molecule has 0 bridgehead atoms. The number of pyridine rings is 1. The molecule has 0 radical (unpaired) electrons. The van der Waals surface area contributed by atoms with Crippen molar-refractivity contribution in [1.82, 2.24) is 14.5 Å². The molecule has 19 heavy (non-hydrogen) atoms. The Bertz CT molecular complexity index is 748. The van der Waals surface area contributed by atoms with E-state index in [0.717, 1.165) is 16.6 Å². The number of imidazole rings is 1. The fourth-order valence-electron chi connectivity index (χ4n) is 1.94. The molecule has 2 aromatic heterocycles. The lowest BCUT2D eigenvalue weighted by Gasteiger charge is -2.09. The summed E-state index contributed by atoms with van der Waals surface area (Å²) in [5.41, 5.74) is 9.16. The Kier molecular flexibility index (Phi) is 2.59. The summed E-state index contributed by atoms with van der Waals surface area (Å²) in [4.78, 5) is 8.56. The maximum atomic E-state index is 5.85. The lowest BCUT2D eigenvalue weighted by atomic mass is 10.2. The summed E-state index contributed by atoms with van der Waals surface area (Å²) < 4.78 is 7.78. The summed E-state index contributed by atoms with van der Waals surface area (Å²) in [5, 5.41) is 0. The highest BCUT2D eigenvalue weighted by atomic mass is 16.5. The van der Waals surface area contributed by atoms with E-state index in [1.165, 1.54) is 0 Å². The largest absolute Gasteiger partial charge is 0.437 e. The van der Waals surface area contributed by atoms with Gasteiger partial charge in [-0.15, -0.1) is 0 Å². The van der Waals surface area contributed by atoms with Crippen molar-refractivity contribution in [3.63, 3.8) is 0 Å². The van der Waals surface area contributed by atoms with E-state index in [1.807, 2.05) is 36.7 Å². The van der Waals surface area contributed by atoms with Gasteiger partial charge in [-0.3, -0.25) is 0 Å². The first-order valence-corrected chi connectivity index (χ1v) is 5.95. The van der Waals surface area contributed by atoms with Gasteiger partial charge in [0.15, 0.2) is 5.52 Å². The highest BCUT2D eigenvalue weighted by molar-refractivity contribution is 5.80. The average Bonchev–Trinajstić information content (AvgIpc) is 2.77. The van der Waals surface area contributed by atoms with Crippen LogP contribution in [0.15, 0.2) is 36.8 Å². The molecule has 5 heteroatoms. The van der Waals surface area contributed by atoms with Crippen LogP contribution < -0.4 is 10.5 Å². The minimum absolute atomic E-state index is 0.492. The number of nitrogens with zero attached hydrogens (tertiary/aromatic N) is 3. The van der Waals surface area contributed by atoms with Crippen molar-refractivity contribution in [2.45, 2.75) is 6.92 Å². The molecule has 1 aromatic carbocycles. The summed E-state index contributed by atoms with van der Waals surface area (Å²) in [5.74, 6) is 1.19. The van der Waals surface area contributed by atoms with E-state index >= 15 is 0 Å². The number of anilines is 1. The number of aromatic nitrogens is 3. The van der Waals surface area contributed by atoms with Crippen molar-refractivity contribution in [1.29, 1.82) is 0 Å². The quantitative estimate of drug-likeness (QED) is 0.714. The van der Waals surface area contributed by atoms with Gasteiger partial charge in [-0.05, 0) is 24.6 Å². The maximum absolute atomic E-state index is 5.85. The van der Waals surface area contributed by atoms with Gasteiger partial charge in [0.1, 0.15) is 5.75 Å². The van der Waals surface area contributed by atoms with Crippen LogP contribution in [0.3, 0.4) is 0 Å². The summed E-state index contributed by atoms with van der Waals surface area (Å²) in [6, 6.07) is 7.46. The molecule has 0 spiro atoms. The normalized spacial score (nSPS) is 10.8. The Labute approximate surface area is 110 Å². The molecule has 3 aromatic rings. The molecule has 0 aliphatic carbocycles. The number of nitrogen functional groups attached to an aromatic ring is 1. The van der Waals surface area contributed by atoms with Crippen LogP contribution >= 0.6 is 0 Å². The van der Waals surface area contributed by atoms with Crippen LogP contribution in [0.5, 0.6) is 11.6 Å². The van der Waals surface area contributed by atoms with Crippen molar-refractivity contribution in [2.75, 3.05) is 5.73 Å². The van der Waals surface area contributed by atoms with Gasteiger partial charge in [-0.25, -0.2) is 9.97 Å². The molecule has 0 aliphatic heterocycles. The number of nitrogens with two attached hydrogens (primary N) is 1. The van der Waals surface area contributed by atoms with E-state index in [1.54, 1.807) is 18.6 Å². The summed E-state index contributed by atoms with van der Waals surface area (Å²) in [6.07, 6.45) is 3.45. The van der Waals surface area contributed by atoms with Crippen LogP contribution in [-0.4, -0.2) is 14.5 Å². The monoisotopic (exact) mass is 254 g/mol. The number of benzene rings is 1. The molecule has 96 valence electrons. The Morgan fingerprint density at radius 1 is 1.21 bits per heavy atom. The van der Waals surface area contributed by atoms with Crippen LogP contribution in [0.25, 0.3) is 11.0 Å². The zero-order valence-corrected chi connectivity index (χ0v) is 10.8. The second-order valence-corrected chi connectivity index (χ2v) is 4.47. The van der Waals surface area contributed by atoms with Crippen LogP contribution in [0.2, 0.25) is 0 Å². The van der Waals surface area contributed by atoms with E-state index in [2.05, 4.69) is 9.97 Å². The first kappa shape index (κ1) is 11.5. The standard InChI is InChI=1S/C14H14N4O/c1-9-3-4-10(15)7-12(9)19-14-13-11(5-6-16-14)18(2)8-17-13/h3-8H,15H2,1-2H3. The number of aryl methyl sites for hydroxylation is 2. The molecule has 0 fully saturated rings. The lowest BCUT2D eigenvalue weighted by Crippen LogP contribution is -1.94. The van der Waals surface area contributed by atoms with E-state index in [4.69, 9.17) is 10.5 Å². The van der Waals surface area contributed by atoms with Gasteiger partial charge in [0.05, 0.1) is 11.8 Å². The Balaban J connectivity index is 2.08. The SMILES string of the molecule is Cc1ccc(N)cc1Oc1nccc2c1ncn2C. The third kappa shape index (κ3) is 1.99. The molecule has 0 amide bonds. The molecule has 0 saturated heterocycles. The fourth-order valence-corrected chi connectivity index (χ4v) is 1.94. The summed E-state index contributed by atoms with van der Waals surface area (Å²) >= 11 is 0. The van der Waals surface area contributed by atoms with Crippen molar-refractivity contribution in [3.05, 3.63) is 42.4 Å². The molecule has 0 saturated carbocycles. The van der Waals surface area contributed by atoms with Crippen LogP contribution in [0.4, 0.5) is 5.69 Å². The van der Waals surface area contributed by atoms with E-state index in [0.29, 0.717) is 17.3 Å². The van der Waals surface area contributed by atoms with Crippen molar-refractivity contribution in [3.8, 4) is 11.6 Å². The second-order valence-electron chi connectivity index (χ2n) is 4.47. The van der Waals surface area contributed by atoms with Crippen LogP contribution in [-0.2, 0) is 7.05 Å². The smallest absolute Gasteiger partial charge is 0.247 e. The first-order valence-electron chi connectivity index (χ1n) is 5.95. The van der Waals surface area contributed by atoms with Crippen LogP contribution in [0, 0.1) is 6.92 Å². The average molecular weight is 254 g/mol. The first-order chi connectivity index (χ1) is 9.15. The van der Waals surface area contributed by atoms with Gasteiger partial charge in [0, 0.05) is 25.0 Å². The van der Waals surface area contributed by atoms with Crippen LogP contribution in [0.1, 0.15) is 5.56 Å². The third-order valence-electron chi connectivity index (χ3n) is 3.03. The van der Waals surface area contributed by atoms with Crippen molar-refractivity contribution >= 4 is 16.7 Å². The minimum Gasteiger partial charge on any atom is -0.437 e. The predicted molar refractivity (Wildman–Crippen MR) is 74.2 cm³/mol.